The van der Waals surface area contributed by atoms with Crippen LogP contribution in [0.3, 0.4) is 0 Å². The summed E-state index contributed by atoms with van der Waals surface area (Å²) in [5.74, 6) is 0. The molecule has 0 heterocycles. The second kappa shape index (κ2) is 13.9. The SMILES string of the molecule is CC(C)(C)c1cc(-c2ccc3c(c2)c2cccc4c5c(-c6ccccc6)c6c7cc8ccccc8c8cccc(c6c(-c6cccc9ccccc69)c5cc3c24)c87)c2cc(C(C)(C)C)ccc2c1. The molecule has 0 spiro atoms. The molecule has 14 rings (SSSR count). The van der Waals surface area contributed by atoms with Crippen molar-refractivity contribution < 1.29 is 0 Å². The fourth-order valence-corrected chi connectivity index (χ4v) is 12.3. The van der Waals surface area contributed by atoms with Gasteiger partial charge in [-0.15, -0.1) is 0 Å². The average Bonchev–Trinajstić information content (AvgIpc) is 3.85. The zero-order chi connectivity index (χ0) is 45.8. The van der Waals surface area contributed by atoms with E-state index in [1.165, 1.54) is 152 Å². The molecule has 0 aliphatic carbocycles. The van der Waals surface area contributed by atoms with Crippen molar-refractivity contribution in [2.24, 2.45) is 0 Å². The monoisotopic (exact) mass is 866 g/mol. The molecule has 322 valence electrons. The molecule has 14 aromatic rings. The Morgan fingerprint density at radius 3 is 1.62 bits per heavy atom. The zero-order valence-electron chi connectivity index (χ0n) is 39.5. The molecular weight excluding hydrogens is 817 g/mol. The Morgan fingerprint density at radius 2 is 0.838 bits per heavy atom. The van der Waals surface area contributed by atoms with Crippen LogP contribution >= 0.6 is 0 Å². The van der Waals surface area contributed by atoms with Gasteiger partial charge in [-0.2, -0.15) is 0 Å². The Hall–Kier alpha value is -7.80. The van der Waals surface area contributed by atoms with Crippen LogP contribution in [0.1, 0.15) is 52.7 Å². The molecule has 0 N–H and O–H groups in total. The number of rotatable bonds is 3. The van der Waals surface area contributed by atoms with Gasteiger partial charge in [-0.25, -0.2) is 0 Å². The lowest BCUT2D eigenvalue weighted by Crippen LogP contribution is -2.12. The van der Waals surface area contributed by atoms with Crippen LogP contribution in [-0.2, 0) is 10.8 Å². The van der Waals surface area contributed by atoms with Gasteiger partial charge in [-0.05, 0) is 187 Å². The minimum absolute atomic E-state index is 0.00196. The third-order valence-corrected chi connectivity index (χ3v) is 15.6. The van der Waals surface area contributed by atoms with Crippen molar-refractivity contribution in [3.05, 3.63) is 205 Å². The Labute approximate surface area is 396 Å². The Kier molecular flexibility index (Phi) is 8.04. The molecule has 0 amide bonds. The Balaban J connectivity index is 1.19. The van der Waals surface area contributed by atoms with E-state index in [4.69, 9.17) is 0 Å². The normalized spacial score (nSPS) is 12.9. The summed E-state index contributed by atoms with van der Waals surface area (Å²) < 4.78 is 0. The van der Waals surface area contributed by atoms with Gasteiger partial charge in [0.2, 0.25) is 0 Å². The third-order valence-electron chi connectivity index (χ3n) is 15.6. The topological polar surface area (TPSA) is 0 Å². The summed E-state index contributed by atoms with van der Waals surface area (Å²) in [5.41, 5.74) is 10.5. The Morgan fingerprint density at radius 1 is 0.235 bits per heavy atom. The van der Waals surface area contributed by atoms with Crippen molar-refractivity contribution in [2.75, 3.05) is 0 Å². The highest BCUT2D eigenvalue weighted by Crippen LogP contribution is 2.56. The predicted molar refractivity (Wildman–Crippen MR) is 298 cm³/mol. The average molecular weight is 867 g/mol. The largest absolute Gasteiger partial charge is 0.0622 e. The van der Waals surface area contributed by atoms with Crippen LogP contribution in [0.15, 0.2) is 194 Å². The van der Waals surface area contributed by atoms with E-state index in [1.54, 1.807) is 0 Å². The minimum atomic E-state index is 0.00196. The number of benzene rings is 12. The van der Waals surface area contributed by atoms with Gasteiger partial charge in [-0.3, -0.25) is 0 Å². The third kappa shape index (κ3) is 5.49. The van der Waals surface area contributed by atoms with Gasteiger partial charge >= 0.3 is 0 Å². The first kappa shape index (κ1) is 39.4. The highest BCUT2D eigenvalue weighted by molar-refractivity contribution is 6.46. The van der Waals surface area contributed by atoms with E-state index in [2.05, 4.69) is 236 Å². The smallest absolute Gasteiger partial charge is 0.000697 e. The van der Waals surface area contributed by atoms with Crippen molar-refractivity contribution in [2.45, 2.75) is 52.4 Å². The molecule has 0 saturated carbocycles. The highest BCUT2D eigenvalue weighted by Gasteiger charge is 2.28. The van der Waals surface area contributed by atoms with Gasteiger partial charge in [0.1, 0.15) is 0 Å². The number of hydrogen-bond acceptors (Lipinski definition) is 0. The summed E-state index contributed by atoms with van der Waals surface area (Å²) in [5, 5.41) is 26.2. The minimum Gasteiger partial charge on any atom is -0.0622 e. The van der Waals surface area contributed by atoms with Crippen LogP contribution in [0, 0.1) is 0 Å². The summed E-state index contributed by atoms with van der Waals surface area (Å²) in [7, 11) is 0. The zero-order valence-corrected chi connectivity index (χ0v) is 39.5. The predicted octanol–water partition coefficient (Wildman–Crippen LogP) is 19.7. The quantitative estimate of drug-likeness (QED) is 0.155. The molecular formula is C68H50. The molecule has 0 atom stereocenters. The van der Waals surface area contributed by atoms with Crippen molar-refractivity contribution in [1.82, 2.24) is 0 Å². The summed E-state index contributed by atoms with van der Waals surface area (Å²) in [6, 6.07) is 74.6. The van der Waals surface area contributed by atoms with Gasteiger partial charge in [0.15, 0.2) is 0 Å². The summed E-state index contributed by atoms with van der Waals surface area (Å²) >= 11 is 0. The van der Waals surface area contributed by atoms with Crippen LogP contribution in [-0.4, -0.2) is 0 Å². The highest BCUT2D eigenvalue weighted by atomic mass is 14.3. The lowest BCUT2D eigenvalue weighted by molar-refractivity contribution is 0.589. The van der Waals surface area contributed by atoms with Gasteiger partial charge in [0.05, 0.1) is 0 Å². The fraction of sp³-hybridized carbons (Fsp3) is 0.118. The van der Waals surface area contributed by atoms with Crippen LogP contribution in [0.4, 0.5) is 0 Å². The van der Waals surface area contributed by atoms with Crippen LogP contribution in [0.5, 0.6) is 0 Å². The van der Waals surface area contributed by atoms with Gasteiger partial charge in [0, 0.05) is 0 Å². The lowest BCUT2D eigenvalue weighted by Gasteiger charge is -2.24. The maximum atomic E-state index is 2.58. The Bertz CT molecular complexity index is 4410. The van der Waals surface area contributed by atoms with E-state index in [-0.39, 0.29) is 10.8 Å². The van der Waals surface area contributed by atoms with E-state index in [0.717, 1.165) is 0 Å². The molecule has 0 aromatic heterocycles. The van der Waals surface area contributed by atoms with Crippen molar-refractivity contribution >= 4 is 108 Å². The molecule has 0 saturated heterocycles. The van der Waals surface area contributed by atoms with Gasteiger partial charge in [0.25, 0.3) is 0 Å². The molecule has 0 bridgehead atoms. The first-order chi connectivity index (χ1) is 33.0. The molecule has 0 nitrogen and oxygen atoms in total. The van der Waals surface area contributed by atoms with Gasteiger partial charge < -0.3 is 0 Å². The molecule has 0 fully saturated rings. The molecule has 0 heteroatoms. The second-order valence-corrected chi connectivity index (χ2v) is 21.6. The molecule has 0 unspecified atom stereocenters. The standard InChI is InChI=1S/C68H50/c1-67(2,3)44-31-29-42-33-45(68(4,5)6)37-55(54(42)36-44)43-30-32-48-56(34-43)51-26-16-27-52-61(51)57(48)38-59-63(50-24-14-21-39-17-10-12-22-46(39)50)65-53-28-15-25-49-47-23-13-11-20-41(47)35-58(62(49)53)66(65)60(64(52)59)40-18-8-7-9-19-40/h7-38H,1-6H3. The van der Waals surface area contributed by atoms with Crippen molar-refractivity contribution in [3.8, 4) is 33.4 Å². The van der Waals surface area contributed by atoms with E-state index >= 15 is 0 Å². The summed E-state index contributed by atoms with van der Waals surface area (Å²) in [6.45, 7) is 14.0. The maximum absolute atomic E-state index is 2.58. The summed E-state index contributed by atoms with van der Waals surface area (Å²) in [6.07, 6.45) is 0. The van der Waals surface area contributed by atoms with Gasteiger partial charge in [-0.1, -0.05) is 211 Å². The van der Waals surface area contributed by atoms with E-state index in [1.807, 2.05) is 0 Å². The second-order valence-electron chi connectivity index (χ2n) is 21.6. The van der Waals surface area contributed by atoms with Crippen LogP contribution in [0.2, 0.25) is 0 Å². The molecule has 0 aliphatic rings. The number of fused-ring (bicyclic) bond motifs is 12. The first-order valence-electron chi connectivity index (χ1n) is 24.3. The van der Waals surface area contributed by atoms with E-state index in [9.17, 15) is 0 Å². The fourth-order valence-electron chi connectivity index (χ4n) is 12.3. The van der Waals surface area contributed by atoms with Crippen molar-refractivity contribution in [3.63, 3.8) is 0 Å². The number of hydrogen-bond donors (Lipinski definition) is 0. The molecule has 0 aliphatic heterocycles. The van der Waals surface area contributed by atoms with Crippen LogP contribution in [0.25, 0.3) is 141 Å². The van der Waals surface area contributed by atoms with Crippen LogP contribution < -0.4 is 0 Å². The molecule has 0 radical (unpaired) electrons. The maximum Gasteiger partial charge on any atom is -0.000697 e. The molecule has 14 aromatic carbocycles. The lowest BCUT2D eigenvalue weighted by atomic mass is 9.81. The van der Waals surface area contributed by atoms with E-state index < -0.39 is 0 Å². The van der Waals surface area contributed by atoms with Crippen molar-refractivity contribution in [1.29, 1.82) is 0 Å². The van der Waals surface area contributed by atoms with E-state index in [0.29, 0.717) is 0 Å². The summed E-state index contributed by atoms with van der Waals surface area (Å²) in [4.78, 5) is 0. The first-order valence-corrected chi connectivity index (χ1v) is 24.3. The molecule has 68 heavy (non-hydrogen) atoms.